The zero-order valence-corrected chi connectivity index (χ0v) is 12.8. The van der Waals surface area contributed by atoms with Crippen molar-refractivity contribution in [1.82, 2.24) is 0 Å². The molecule has 1 aliphatic heterocycles. The summed E-state index contributed by atoms with van der Waals surface area (Å²) in [5.41, 5.74) is 3.45. The van der Waals surface area contributed by atoms with Crippen LogP contribution in [0.2, 0.25) is 0 Å². The summed E-state index contributed by atoms with van der Waals surface area (Å²) < 4.78 is 0. The van der Waals surface area contributed by atoms with Crippen molar-refractivity contribution in [1.29, 1.82) is 0 Å². The average molecular weight is 275 g/mol. The Morgan fingerprint density at radius 2 is 1.95 bits per heavy atom. The van der Waals surface area contributed by atoms with Crippen molar-refractivity contribution in [3.8, 4) is 0 Å². The van der Waals surface area contributed by atoms with Crippen LogP contribution in [0.4, 0.5) is 5.69 Å². The van der Waals surface area contributed by atoms with Crippen LogP contribution in [0.1, 0.15) is 44.6 Å². The lowest BCUT2D eigenvalue weighted by Crippen LogP contribution is -2.43. The van der Waals surface area contributed by atoms with Gasteiger partial charge in [0.05, 0.1) is 0 Å². The first-order chi connectivity index (χ1) is 9.24. The molecule has 1 saturated carbocycles. The van der Waals surface area contributed by atoms with Crippen molar-refractivity contribution < 1.29 is 0 Å². The molecule has 1 aliphatic carbocycles. The fourth-order valence-corrected chi connectivity index (χ4v) is 4.32. The fraction of sp³-hybridized carbons (Fsp3) is 0.647. The number of anilines is 1. The maximum absolute atomic E-state index is 4.70. The molecule has 0 aromatic heterocycles. The number of benzene rings is 1. The van der Waals surface area contributed by atoms with Crippen molar-refractivity contribution in [2.75, 3.05) is 17.2 Å². The minimum absolute atomic E-state index is 0.451. The third kappa shape index (κ3) is 2.52. The van der Waals surface area contributed by atoms with Gasteiger partial charge in [0.1, 0.15) is 0 Å². The highest BCUT2D eigenvalue weighted by Gasteiger charge is 2.36. The van der Waals surface area contributed by atoms with E-state index in [0.29, 0.717) is 11.5 Å². The monoisotopic (exact) mass is 275 g/mol. The molecule has 0 bridgehead atoms. The molecule has 1 aromatic rings. The smallest absolute Gasteiger partial charge is 0.0402 e. The van der Waals surface area contributed by atoms with Crippen molar-refractivity contribution in [2.24, 2.45) is 5.41 Å². The maximum Gasteiger partial charge on any atom is 0.0402 e. The normalized spacial score (nSPS) is 25.4. The summed E-state index contributed by atoms with van der Waals surface area (Å²) in [6.45, 7) is 3.57. The first-order valence-electron chi connectivity index (χ1n) is 7.69. The molecule has 0 radical (unpaired) electrons. The van der Waals surface area contributed by atoms with E-state index in [1.807, 2.05) is 0 Å². The summed E-state index contributed by atoms with van der Waals surface area (Å²) in [5.74, 6) is 1.04. The van der Waals surface area contributed by atoms with E-state index in [2.05, 4.69) is 36.1 Å². The first-order valence-corrected chi connectivity index (χ1v) is 8.33. The number of nitrogens with zero attached hydrogens (tertiary/aromatic N) is 1. The Kier molecular flexibility index (Phi) is 3.79. The van der Waals surface area contributed by atoms with Gasteiger partial charge in [-0.1, -0.05) is 37.5 Å². The lowest BCUT2D eigenvalue weighted by atomic mass is 9.75. The van der Waals surface area contributed by atoms with Crippen LogP contribution in [0.25, 0.3) is 0 Å². The quantitative estimate of drug-likeness (QED) is 0.804. The van der Waals surface area contributed by atoms with Crippen LogP contribution in [0.3, 0.4) is 0 Å². The molecule has 1 unspecified atom stereocenters. The molecule has 104 valence electrons. The van der Waals surface area contributed by atoms with Gasteiger partial charge in [0.15, 0.2) is 0 Å². The predicted octanol–water partition coefficient (Wildman–Crippen LogP) is 4.32. The average Bonchev–Trinajstić information content (AvgIpc) is 2.76. The number of fused-ring (bicyclic) bond motifs is 1. The number of rotatable bonds is 3. The van der Waals surface area contributed by atoms with Crippen LogP contribution in [0.5, 0.6) is 0 Å². The summed E-state index contributed by atoms with van der Waals surface area (Å²) in [6.07, 6.45) is 8.14. The molecular formula is C17H25NS. The highest BCUT2D eigenvalue weighted by atomic mass is 32.1. The summed E-state index contributed by atoms with van der Waals surface area (Å²) in [6, 6.07) is 9.59. The molecular weight excluding hydrogens is 250 g/mol. The third-order valence-corrected chi connectivity index (χ3v) is 5.77. The largest absolute Gasteiger partial charge is 0.368 e. The Morgan fingerprint density at radius 1 is 1.21 bits per heavy atom. The predicted molar refractivity (Wildman–Crippen MR) is 86.3 cm³/mol. The van der Waals surface area contributed by atoms with E-state index >= 15 is 0 Å². The number of thiol groups is 1. The van der Waals surface area contributed by atoms with Gasteiger partial charge in [-0.15, -0.1) is 0 Å². The van der Waals surface area contributed by atoms with Gasteiger partial charge >= 0.3 is 0 Å². The molecule has 3 rings (SSSR count). The molecule has 2 aliphatic rings. The van der Waals surface area contributed by atoms with Gasteiger partial charge in [0.25, 0.3) is 0 Å². The first kappa shape index (κ1) is 13.4. The van der Waals surface area contributed by atoms with Gasteiger partial charge in [0.2, 0.25) is 0 Å². The molecule has 2 heteroatoms. The summed E-state index contributed by atoms with van der Waals surface area (Å²) in [4.78, 5) is 2.65. The molecule has 0 N–H and O–H groups in total. The van der Waals surface area contributed by atoms with Gasteiger partial charge in [-0.25, -0.2) is 0 Å². The highest BCUT2D eigenvalue weighted by molar-refractivity contribution is 7.80. The minimum Gasteiger partial charge on any atom is -0.368 e. The molecule has 0 amide bonds. The van der Waals surface area contributed by atoms with Gasteiger partial charge in [-0.05, 0) is 49.0 Å². The van der Waals surface area contributed by atoms with Crippen molar-refractivity contribution >= 4 is 18.3 Å². The standard InChI is InChI=1S/C17H25NS/c1-14-11-15-7-3-4-8-16(15)18(14)12-17(13-19)9-5-2-6-10-17/h3-4,7-8,14,19H,2,5-6,9-13H2,1H3. The molecule has 1 atom stereocenters. The zero-order chi connectivity index (χ0) is 13.3. The number of hydrogen-bond acceptors (Lipinski definition) is 2. The number of hydrogen-bond donors (Lipinski definition) is 1. The second-order valence-electron chi connectivity index (χ2n) is 6.53. The summed E-state index contributed by atoms with van der Waals surface area (Å²) in [5, 5.41) is 0. The lowest BCUT2D eigenvalue weighted by molar-refractivity contribution is 0.225. The SMILES string of the molecule is CC1Cc2ccccc2N1CC1(CS)CCCCC1. The van der Waals surface area contributed by atoms with Crippen LogP contribution in [-0.2, 0) is 6.42 Å². The maximum atomic E-state index is 4.70. The van der Waals surface area contributed by atoms with E-state index in [4.69, 9.17) is 12.6 Å². The molecule has 0 spiro atoms. The van der Waals surface area contributed by atoms with E-state index in [1.54, 1.807) is 0 Å². The van der Waals surface area contributed by atoms with Gasteiger partial charge < -0.3 is 4.90 Å². The molecule has 19 heavy (non-hydrogen) atoms. The fourth-order valence-electron chi connectivity index (χ4n) is 3.90. The Labute approximate surface area is 122 Å². The molecule has 1 heterocycles. The molecule has 1 aromatic carbocycles. The summed E-state index contributed by atoms with van der Waals surface area (Å²) >= 11 is 4.70. The Hall–Kier alpha value is -0.630. The highest BCUT2D eigenvalue weighted by Crippen LogP contribution is 2.41. The van der Waals surface area contributed by atoms with Crippen LogP contribution < -0.4 is 4.90 Å². The van der Waals surface area contributed by atoms with E-state index in [0.717, 1.165) is 5.75 Å². The third-order valence-electron chi connectivity index (χ3n) is 5.10. The minimum atomic E-state index is 0.451. The van der Waals surface area contributed by atoms with E-state index in [1.165, 1.54) is 56.3 Å². The van der Waals surface area contributed by atoms with Crippen LogP contribution in [-0.4, -0.2) is 18.3 Å². The lowest BCUT2D eigenvalue weighted by Gasteiger charge is -2.41. The van der Waals surface area contributed by atoms with Crippen molar-refractivity contribution in [3.63, 3.8) is 0 Å². The summed E-state index contributed by atoms with van der Waals surface area (Å²) in [7, 11) is 0. The Bertz CT molecular complexity index is 437. The van der Waals surface area contributed by atoms with Gasteiger partial charge in [0, 0.05) is 18.3 Å². The topological polar surface area (TPSA) is 3.24 Å². The Morgan fingerprint density at radius 3 is 2.68 bits per heavy atom. The number of para-hydroxylation sites is 1. The van der Waals surface area contributed by atoms with Crippen LogP contribution in [0.15, 0.2) is 24.3 Å². The molecule has 1 fully saturated rings. The van der Waals surface area contributed by atoms with Crippen LogP contribution in [0, 0.1) is 5.41 Å². The van der Waals surface area contributed by atoms with Crippen LogP contribution >= 0.6 is 12.6 Å². The molecule has 1 nitrogen and oxygen atoms in total. The molecule has 0 saturated heterocycles. The van der Waals surface area contributed by atoms with Crippen molar-refractivity contribution in [3.05, 3.63) is 29.8 Å². The van der Waals surface area contributed by atoms with Gasteiger partial charge in [-0.2, -0.15) is 12.6 Å². The van der Waals surface area contributed by atoms with E-state index in [9.17, 15) is 0 Å². The Balaban J connectivity index is 1.82. The van der Waals surface area contributed by atoms with E-state index < -0.39 is 0 Å². The second kappa shape index (κ2) is 5.40. The second-order valence-corrected chi connectivity index (χ2v) is 6.84. The zero-order valence-electron chi connectivity index (χ0n) is 11.9. The van der Waals surface area contributed by atoms with Gasteiger partial charge in [-0.3, -0.25) is 0 Å². The van der Waals surface area contributed by atoms with E-state index in [-0.39, 0.29) is 0 Å². The van der Waals surface area contributed by atoms with Crippen molar-refractivity contribution in [2.45, 2.75) is 51.5 Å².